The third-order valence-electron chi connectivity index (χ3n) is 4.32. The van der Waals surface area contributed by atoms with Gasteiger partial charge in [-0.2, -0.15) is 0 Å². The van der Waals surface area contributed by atoms with Crippen LogP contribution < -0.4 is 0 Å². The lowest BCUT2D eigenvalue weighted by molar-refractivity contribution is -0.137. The Morgan fingerprint density at radius 1 is 1.24 bits per heavy atom. The largest absolute Gasteiger partial charge is 0.481 e. The fourth-order valence-electron chi connectivity index (χ4n) is 3.33. The molecule has 2 heterocycles. The van der Waals surface area contributed by atoms with Gasteiger partial charge in [0.15, 0.2) is 0 Å². The van der Waals surface area contributed by atoms with Crippen molar-refractivity contribution < 1.29 is 24.2 Å². The van der Waals surface area contributed by atoms with Crippen molar-refractivity contribution in [1.29, 1.82) is 0 Å². The van der Waals surface area contributed by atoms with Gasteiger partial charge in [-0.25, -0.2) is 4.79 Å². The number of aliphatic carboxylic acids is 1. The van der Waals surface area contributed by atoms with Gasteiger partial charge in [-0.15, -0.1) is 0 Å². The number of carbonyl (C=O) groups is 2. The van der Waals surface area contributed by atoms with Crippen LogP contribution >= 0.6 is 11.6 Å². The number of halogens is 1. The van der Waals surface area contributed by atoms with Crippen molar-refractivity contribution in [2.45, 2.75) is 50.7 Å². The van der Waals surface area contributed by atoms with Crippen molar-refractivity contribution in [2.24, 2.45) is 11.8 Å². The Hall–Kier alpha value is -1.07. The second-order valence-electron chi connectivity index (χ2n) is 5.66. The number of allylic oxidation sites excluding steroid dienone is 2. The van der Waals surface area contributed by atoms with E-state index in [1.165, 1.54) is 0 Å². The number of carbonyl (C=O) groups excluding carboxylic acids is 1. The second kappa shape index (κ2) is 7.80. The van der Waals surface area contributed by atoms with Gasteiger partial charge in [0, 0.05) is 23.9 Å². The molecule has 2 aliphatic heterocycles. The zero-order chi connectivity index (χ0) is 15.2. The molecule has 0 unspecified atom stereocenters. The van der Waals surface area contributed by atoms with Crippen LogP contribution in [0.2, 0.25) is 0 Å². The first-order valence-corrected chi connectivity index (χ1v) is 7.80. The summed E-state index contributed by atoms with van der Waals surface area (Å²) in [6.45, 7) is 0.320. The van der Waals surface area contributed by atoms with E-state index < -0.39 is 11.4 Å². The van der Waals surface area contributed by atoms with Crippen LogP contribution in [0.3, 0.4) is 0 Å². The lowest BCUT2D eigenvalue weighted by atomic mass is 9.78. The Bertz CT molecular complexity index is 409. The van der Waals surface area contributed by atoms with Crippen LogP contribution in [-0.4, -0.2) is 35.3 Å². The number of hydrogen-bond donors (Lipinski definition) is 1. The lowest BCUT2D eigenvalue weighted by Crippen LogP contribution is -2.30. The molecule has 0 aromatic rings. The molecule has 118 valence electrons. The molecule has 2 fully saturated rings. The molecule has 1 N–H and O–H groups in total. The van der Waals surface area contributed by atoms with E-state index in [2.05, 4.69) is 6.08 Å². The molecular formula is C15H21ClO5. The van der Waals surface area contributed by atoms with E-state index in [1.807, 2.05) is 6.08 Å². The maximum Gasteiger partial charge on any atom is 0.403 e. The minimum absolute atomic E-state index is 0.177. The first-order chi connectivity index (χ1) is 10.1. The summed E-state index contributed by atoms with van der Waals surface area (Å²) in [5, 5.41) is 8.56. The summed E-state index contributed by atoms with van der Waals surface area (Å²) < 4.78 is 10.8. The average molecular weight is 317 g/mol. The maximum atomic E-state index is 10.7. The highest BCUT2D eigenvalue weighted by molar-refractivity contribution is 6.61. The first kappa shape index (κ1) is 16.3. The van der Waals surface area contributed by atoms with E-state index in [1.54, 1.807) is 0 Å². The van der Waals surface area contributed by atoms with Crippen LogP contribution in [0.15, 0.2) is 12.2 Å². The maximum absolute atomic E-state index is 10.7. The van der Waals surface area contributed by atoms with Crippen LogP contribution in [0, 0.1) is 11.8 Å². The van der Waals surface area contributed by atoms with Gasteiger partial charge in [-0.05, 0) is 38.0 Å². The number of fused-ring (bicyclic) bond motifs is 2. The van der Waals surface area contributed by atoms with Crippen LogP contribution in [0.4, 0.5) is 4.79 Å². The first-order valence-electron chi connectivity index (χ1n) is 7.42. The fraction of sp³-hybridized carbons (Fsp3) is 0.733. The monoisotopic (exact) mass is 316 g/mol. The summed E-state index contributed by atoms with van der Waals surface area (Å²) in [5.41, 5.74) is -0.763. The van der Waals surface area contributed by atoms with Crippen molar-refractivity contribution in [2.75, 3.05) is 6.61 Å². The Morgan fingerprint density at radius 3 is 2.62 bits per heavy atom. The summed E-state index contributed by atoms with van der Waals surface area (Å²) in [4.78, 5) is 21.1. The van der Waals surface area contributed by atoms with Crippen molar-refractivity contribution in [3.05, 3.63) is 12.2 Å². The lowest BCUT2D eigenvalue weighted by Gasteiger charge is -2.26. The van der Waals surface area contributed by atoms with Crippen LogP contribution in [-0.2, 0) is 14.3 Å². The summed E-state index contributed by atoms with van der Waals surface area (Å²) in [7, 11) is 0. The summed E-state index contributed by atoms with van der Waals surface area (Å²) in [5.74, 6) is -0.182. The molecule has 2 aliphatic rings. The smallest absolute Gasteiger partial charge is 0.403 e. The molecule has 2 bridgehead atoms. The molecule has 4 atom stereocenters. The van der Waals surface area contributed by atoms with Gasteiger partial charge in [0.25, 0.3) is 0 Å². The Labute approximate surface area is 129 Å². The number of carboxylic acids is 1. The van der Waals surface area contributed by atoms with Gasteiger partial charge in [0.05, 0.1) is 18.8 Å². The van der Waals surface area contributed by atoms with Gasteiger partial charge in [-0.3, -0.25) is 4.79 Å². The molecule has 0 aromatic heterocycles. The van der Waals surface area contributed by atoms with Crippen molar-refractivity contribution in [3.8, 4) is 0 Å². The SMILES string of the molecule is O=C(O)CCC/C=C\C[C@@H]1[C@H](COC(=O)Cl)[C@@H]2CC[C@H]1O2. The molecule has 0 spiro atoms. The Morgan fingerprint density at radius 2 is 1.95 bits per heavy atom. The van der Waals surface area contributed by atoms with Crippen molar-refractivity contribution in [1.82, 2.24) is 0 Å². The highest BCUT2D eigenvalue weighted by atomic mass is 35.5. The highest BCUT2D eigenvalue weighted by Gasteiger charge is 2.48. The standard InChI is InChI=1S/C15H21ClO5/c16-15(19)20-9-11-10(12-7-8-13(11)21-12)5-3-1-2-4-6-14(17)18/h1,3,10-13H,2,4-9H2,(H,17,18)/b3-1-/t10-,11+,12-,13+/m1/s1. The van der Waals surface area contributed by atoms with Crippen molar-refractivity contribution >= 4 is 23.0 Å². The van der Waals surface area contributed by atoms with Gasteiger partial charge in [0.1, 0.15) is 0 Å². The average Bonchev–Trinajstić information content (AvgIpc) is 3.01. The third-order valence-corrected chi connectivity index (χ3v) is 4.43. The zero-order valence-corrected chi connectivity index (χ0v) is 12.6. The molecule has 0 aliphatic carbocycles. The zero-order valence-electron chi connectivity index (χ0n) is 11.9. The number of unbranched alkanes of at least 4 members (excludes halogenated alkanes) is 1. The molecule has 2 rings (SSSR count). The predicted octanol–water partition coefficient (Wildman–Crippen LogP) is 3.36. The Kier molecular flexibility index (Phi) is 6.06. The van der Waals surface area contributed by atoms with Crippen LogP contribution in [0.5, 0.6) is 0 Å². The molecule has 21 heavy (non-hydrogen) atoms. The van der Waals surface area contributed by atoms with Gasteiger partial charge in [-0.1, -0.05) is 12.2 Å². The van der Waals surface area contributed by atoms with Crippen LogP contribution in [0.1, 0.15) is 38.5 Å². The fourth-order valence-corrected chi connectivity index (χ4v) is 3.40. The van der Waals surface area contributed by atoms with E-state index in [-0.39, 0.29) is 24.5 Å². The predicted molar refractivity (Wildman–Crippen MR) is 77.3 cm³/mol. The molecule has 5 nitrogen and oxygen atoms in total. The normalized spacial score (nSPS) is 30.9. The summed E-state index contributed by atoms with van der Waals surface area (Å²) in [6.07, 6.45) is 9.14. The summed E-state index contributed by atoms with van der Waals surface area (Å²) >= 11 is 5.23. The highest BCUT2D eigenvalue weighted by Crippen LogP contribution is 2.45. The molecule has 2 saturated heterocycles. The topological polar surface area (TPSA) is 72.8 Å². The molecule has 0 aromatic carbocycles. The van der Waals surface area contributed by atoms with Crippen molar-refractivity contribution in [3.63, 3.8) is 0 Å². The minimum atomic E-state index is -0.763. The van der Waals surface area contributed by atoms with Gasteiger partial charge >= 0.3 is 11.4 Å². The van der Waals surface area contributed by atoms with Gasteiger partial charge < -0.3 is 14.6 Å². The number of carboxylic acid groups (broad SMARTS) is 1. The minimum Gasteiger partial charge on any atom is -0.481 e. The third kappa shape index (κ3) is 4.71. The molecule has 0 amide bonds. The van der Waals surface area contributed by atoms with E-state index in [9.17, 15) is 9.59 Å². The number of hydrogen-bond acceptors (Lipinski definition) is 4. The second-order valence-corrected chi connectivity index (χ2v) is 5.97. The van der Waals surface area contributed by atoms with Gasteiger partial charge in [0.2, 0.25) is 0 Å². The summed E-state index contributed by atoms with van der Waals surface area (Å²) in [6, 6.07) is 0. The number of ether oxygens (including phenoxy) is 2. The molecule has 0 radical (unpaired) electrons. The molecule has 0 saturated carbocycles. The van der Waals surface area contributed by atoms with E-state index in [0.29, 0.717) is 18.9 Å². The van der Waals surface area contributed by atoms with Crippen LogP contribution in [0.25, 0.3) is 0 Å². The number of rotatable bonds is 8. The van der Waals surface area contributed by atoms with E-state index in [4.69, 9.17) is 26.2 Å². The molecular weight excluding hydrogens is 296 g/mol. The molecule has 6 heteroatoms. The van der Waals surface area contributed by atoms with E-state index in [0.717, 1.165) is 25.7 Å². The van der Waals surface area contributed by atoms with E-state index >= 15 is 0 Å². The Balaban J connectivity index is 1.76. The quantitative estimate of drug-likeness (QED) is 0.422.